The lowest BCUT2D eigenvalue weighted by Gasteiger charge is -2.31. The maximum absolute atomic E-state index is 13.5. The van der Waals surface area contributed by atoms with E-state index >= 15 is 0 Å². The number of hydrogen-bond acceptors (Lipinski definition) is 3. The number of halogens is 2. The molecule has 1 aromatic rings. The van der Waals surface area contributed by atoms with Crippen LogP contribution in [0.3, 0.4) is 0 Å². The average Bonchev–Trinajstić information content (AvgIpc) is 2.59. The van der Waals surface area contributed by atoms with E-state index in [-0.39, 0.29) is 30.5 Å². The molecule has 2 atom stereocenters. The molecule has 1 aromatic carbocycles. The number of benzene rings is 1. The zero-order valence-corrected chi connectivity index (χ0v) is 14.2. The summed E-state index contributed by atoms with van der Waals surface area (Å²) in [6, 6.07) is 2.93. The molecule has 4 N–H and O–H groups in total. The van der Waals surface area contributed by atoms with Crippen LogP contribution >= 0.6 is 0 Å². The fourth-order valence-corrected chi connectivity index (χ4v) is 3.18. The molecule has 2 amide bonds. The van der Waals surface area contributed by atoms with Crippen molar-refractivity contribution >= 4 is 11.8 Å². The Labute approximate surface area is 146 Å². The minimum Gasteiger partial charge on any atom is -0.353 e. The first kappa shape index (κ1) is 19.3. The van der Waals surface area contributed by atoms with Gasteiger partial charge in [-0.15, -0.1) is 0 Å². The van der Waals surface area contributed by atoms with E-state index < -0.39 is 17.5 Å². The standard InChI is InChI=1S/C18H25F2N3O2/c19-13-7-8-14(15(20)10-13)18(25)22-9-3-6-17(24)23-16-5-2-1-4-12(16)11-21/h7-8,10,12,16H,1-6,9,11,21H2,(H,22,25)(H,23,24). The van der Waals surface area contributed by atoms with Crippen molar-refractivity contribution in [2.75, 3.05) is 13.1 Å². The van der Waals surface area contributed by atoms with Crippen LogP contribution < -0.4 is 16.4 Å². The lowest BCUT2D eigenvalue weighted by Crippen LogP contribution is -2.44. The Morgan fingerprint density at radius 3 is 2.68 bits per heavy atom. The third-order valence-corrected chi connectivity index (χ3v) is 4.60. The van der Waals surface area contributed by atoms with Crippen molar-refractivity contribution in [2.24, 2.45) is 11.7 Å². The van der Waals surface area contributed by atoms with Gasteiger partial charge >= 0.3 is 0 Å². The lowest BCUT2D eigenvalue weighted by atomic mass is 9.84. The Hall–Kier alpha value is -2.02. The van der Waals surface area contributed by atoms with Crippen molar-refractivity contribution in [3.8, 4) is 0 Å². The highest BCUT2D eigenvalue weighted by atomic mass is 19.1. The summed E-state index contributed by atoms with van der Waals surface area (Å²) in [4.78, 5) is 23.8. The first-order chi connectivity index (χ1) is 12.0. The summed E-state index contributed by atoms with van der Waals surface area (Å²) >= 11 is 0. The van der Waals surface area contributed by atoms with Gasteiger partial charge in [-0.3, -0.25) is 9.59 Å². The van der Waals surface area contributed by atoms with E-state index in [1.165, 1.54) is 0 Å². The monoisotopic (exact) mass is 353 g/mol. The molecule has 2 unspecified atom stereocenters. The quantitative estimate of drug-likeness (QED) is 0.657. The molecule has 1 fully saturated rings. The Balaban J connectivity index is 1.69. The van der Waals surface area contributed by atoms with Crippen molar-refractivity contribution in [1.82, 2.24) is 10.6 Å². The van der Waals surface area contributed by atoms with E-state index in [0.717, 1.165) is 37.8 Å². The second-order valence-electron chi connectivity index (χ2n) is 6.44. The summed E-state index contributed by atoms with van der Waals surface area (Å²) in [5, 5.41) is 5.56. The van der Waals surface area contributed by atoms with Crippen molar-refractivity contribution in [1.29, 1.82) is 0 Å². The molecular weight excluding hydrogens is 328 g/mol. The molecule has 25 heavy (non-hydrogen) atoms. The van der Waals surface area contributed by atoms with Gasteiger partial charge in [-0.05, 0) is 43.9 Å². The second kappa shape index (κ2) is 9.46. The van der Waals surface area contributed by atoms with Gasteiger partial charge in [-0.1, -0.05) is 12.8 Å². The number of nitrogens with two attached hydrogens (primary N) is 1. The summed E-state index contributed by atoms with van der Waals surface area (Å²) in [6.07, 6.45) is 4.97. The van der Waals surface area contributed by atoms with Crippen molar-refractivity contribution in [3.63, 3.8) is 0 Å². The molecule has 0 saturated heterocycles. The number of hydrogen-bond donors (Lipinski definition) is 3. The van der Waals surface area contributed by atoms with E-state index in [1.807, 2.05) is 0 Å². The maximum Gasteiger partial charge on any atom is 0.254 e. The van der Waals surface area contributed by atoms with Gasteiger partial charge in [0.1, 0.15) is 11.6 Å². The highest BCUT2D eigenvalue weighted by Gasteiger charge is 2.25. The van der Waals surface area contributed by atoms with E-state index in [0.29, 0.717) is 24.9 Å². The van der Waals surface area contributed by atoms with Crippen LogP contribution in [0.1, 0.15) is 48.9 Å². The zero-order chi connectivity index (χ0) is 18.2. The number of carbonyl (C=O) groups excluding carboxylic acids is 2. The van der Waals surface area contributed by atoms with E-state index in [2.05, 4.69) is 10.6 Å². The van der Waals surface area contributed by atoms with Crippen LogP contribution in [0.15, 0.2) is 18.2 Å². The molecule has 5 nitrogen and oxygen atoms in total. The lowest BCUT2D eigenvalue weighted by molar-refractivity contribution is -0.122. The van der Waals surface area contributed by atoms with Crippen molar-refractivity contribution in [2.45, 2.75) is 44.6 Å². The Morgan fingerprint density at radius 2 is 1.96 bits per heavy atom. The molecule has 0 radical (unpaired) electrons. The molecular formula is C18H25F2N3O2. The molecule has 0 spiro atoms. The van der Waals surface area contributed by atoms with Crippen LogP contribution in [0, 0.1) is 17.6 Å². The smallest absolute Gasteiger partial charge is 0.254 e. The Kier molecular flexibility index (Phi) is 7.31. The minimum atomic E-state index is -0.902. The molecule has 7 heteroatoms. The number of carbonyl (C=O) groups is 2. The minimum absolute atomic E-state index is 0.0624. The summed E-state index contributed by atoms with van der Waals surface area (Å²) in [6.45, 7) is 0.818. The van der Waals surface area contributed by atoms with Gasteiger partial charge in [-0.25, -0.2) is 8.78 Å². The molecule has 138 valence electrons. The van der Waals surface area contributed by atoms with Gasteiger partial charge in [0.25, 0.3) is 5.91 Å². The van der Waals surface area contributed by atoms with Crippen LogP contribution in [0.25, 0.3) is 0 Å². The summed E-state index contributed by atoms with van der Waals surface area (Å²) < 4.78 is 26.3. The predicted octanol–water partition coefficient (Wildman–Crippen LogP) is 2.11. The average molecular weight is 353 g/mol. The normalized spacial score (nSPS) is 20.1. The zero-order valence-electron chi connectivity index (χ0n) is 14.2. The van der Waals surface area contributed by atoms with Crippen LogP contribution in [-0.2, 0) is 4.79 Å². The van der Waals surface area contributed by atoms with Crippen molar-refractivity contribution < 1.29 is 18.4 Å². The number of rotatable bonds is 7. The van der Waals surface area contributed by atoms with Crippen molar-refractivity contribution in [3.05, 3.63) is 35.4 Å². The number of amides is 2. The fraction of sp³-hybridized carbons (Fsp3) is 0.556. The largest absolute Gasteiger partial charge is 0.353 e. The molecule has 1 aliphatic rings. The van der Waals surface area contributed by atoms with Gasteiger partial charge in [-0.2, -0.15) is 0 Å². The van der Waals surface area contributed by atoms with Gasteiger partial charge in [0.2, 0.25) is 5.91 Å². The van der Waals surface area contributed by atoms with E-state index in [9.17, 15) is 18.4 Å². The highest BCUT2D eigenvalue weighted by Crippen LogP contribution is 2.23. The fourth-order valence-electron chi connectivity index (χ4n) is 3.18. The van der Waals surface area contributed by atoms with E-state index in [4.69, 9.17) is 5.73 Å². The van der Waals surface area contributed by atoms with Crippen LogP contribution in [0.4, 0.5) is 8.78 Å². The molecule has 0 aliphatic heterocycles. The molecule has 0 aromatic heterocycles. The Morgan fingerprint density at radius 1 is 1.20 bits per heavy atom. The summed E-state index contributed by atoms with van der Waals surface area (Å²) in [7, 11) is 0. The summed E-state index contributed by atoms with van der Waals surface area (Å²) in [5.41, 5.74) is 5.54. The first-order valence-corrected chi connectivity index (χ1v) is 8.74. The van der Waals surface area contributed by atoms with Gasteiger partial charge in [0.15, 0.2) is 0 Å². The van der Waals surface area contributed by atoms with Crippen LogP contribution in [0.5, 0.6) is 0 Å². The SMILES string of the molecule is NCC1CCCCC1NC(=O)CCCNC(=O)c1ccc(F)cc1F. The highest BCUT2D eigenvalue weighted by molar-refractivity contribution is 5.94. The second-order valence-corrected chi connectivity index (χ2v) is 6.44. The van der Waals surface area contributed by atoms with Crippen LogP contribution in [0.2, 0.25) is 0 Å². The molecule has 0 heterocycles. The van der Waals surface area contributed by atoms with Gasteiger partial charge < -0.3 is 16.4 Å². The molecule has 1 saturated carbocycles. The molecule has 1 aliphatic carbocycles. The third-order valence-electron chi connectivity index (χ3n) is 4.60. The Bertz CT molecular complexity index is 610. The summed E-state index contributed by atoms with van der Waals surface area (Å²) in [5.74, 6) is -1.98. The van der Waals surface area contributed by atoms with E-state index in [1.54, 1.807) is 0 Å². The number of nitrogens with one attached hydrogen (secondary N) is 2. The third kappa shape index (κ3) is 5.77. The molecule has 0 bridgehead atoms. The molecule has 2 rings (SSSR count). The first-order valence-electron chi connectivity index (χ1n) is 8.74. The van der Waals surface area contributed by atoms with Gasteiger partial charge in [0.05, 0.1) is 5.56 Å². The maximum atomic E-state index is 13.5. The topological polar surface area (TPSA) is 84.2 Å². The van der Waals surface area contributed by atoms with Gasteiger partial charge in [0, 0.05) is 25.1 Å². The van der Waals surface area contributed by atoms with Crippen LogP contribution in [-0.4, -0.2) is 30.9 Å². The predicted molar refractivity (Wildman–Crippen MR) is 90.9 cm³/mol.